The Bertz CT molecular complexity index is 213. The van der Waals surface area contributed by atoms with Crippen LogP contribution < -0.4 is 11.5 Å². The minimum atomic E-state index is -1.40. The summed E-state index contributed by atoms with van der Waals surface area (Å²) < 4.78 is 0. The quantitative estimate of drug-likeness (QED) is 0.467. The summed E-state index contributed by atoms with van der Waals surface area (Å²) in [6, 6.07) is -0.214. The van der Waals surface area contributed by atoms with E-state index in [0.29, 0.717) is 6.42 Å². The summed E-state index contributed by atoms with van der Waals surface area (Å²) in [4.78, 5) is 21.7. The van der Waals surface area contributed by atoms with E-state index in [9.17, 15) is 9.59 Å². The Morgan fingerprint density at radius 3 is 2.25 bits per heavy atom. The summed E-state index contributed by atoms with van der Waals surface area (Å²) in [6.07, 6.45) is 0.978. The molecule has 0 aromatic heterocycles. The molecule has 5 N–H and O–H groups in total. The van der Waals surface area contributed by atoms with Crippen molar-refractivity contribution in [1.82, 2.24) is 0 Å². The Kier molecular flexibility index (Phi) is 2.06. The molecule has 0 aliphatic heterocycles. The molecule has 1 aliphatic carbocycles. The second-order valence-electron chi connectivity index (χ2n) is 3.25. The lowest BCUT2D eigenvalue weighted by Gasteiger charge is -2.18. The number of hydrogen-bond acceptors (Lipinski definition) is 3. The van der Waals surface area contributed by atoms with Crippen molar-refractivity contribution < 1.29 is 14.7 Å². The van der Waals surface area contributed by atoms with Gasteiger partial charge in [-0.15, -0.1) is 0 Å². The number of rotatable bonds is 2. The maximum atomic E-state index is 10.9. The van der Waals surface area contributed by atoms with Crippen LogP contribution in [0.2, 0.25) is 0 Å². The van der Waals surface area contributed by atoms with Gasteiger partial charge in [0.15, 0.2) is 0 Å². The standard InChI is InChI=1S/C7H12N2O3/c8-4-1-2-7(3-4,5(9)10)6(11)12/h4H,1-3,8H2,(H2,9,10)(H,11,12). The fraction of sp³-hybridized carbons (Fsp3) is 0.714. The first-order valence-electron chi connectivity index (χ1n) is 3.78. The average Bonchev–Trinajstić information content (AvgIpc) is 2.32. The Labute approximate surface area is 69.7 Å². The number of nitrogens with two attached hydrogens (primary N) is 2. The van der Waals surface area contributed by atoms with Crippen LogP contribution in [0.3, 0.4) is 0 Å². The van der Waals surface area contributed by atoms with Gasteiger partial charge in [-0.1, -0.05) is 0 Å². The van der Waals surface area contributed by atoms with E-state index in [2.05, 4.69) is 0 Å². The van der Waals surface area contributed by atoms with Crippen LogP contribution in [0.1, 0.15) is 19.3 Å². The van der Waals surface area contributed by atoms with E-state index in [4.69, 9.17) is 16.6 Å². The van der Waals surface area contributed by atoms with Gasteiger partial charge in [-0.3, -0.25) is 9.59 Å². The molecule has 1 rings (SSSR count). The van der Waals surface area contributed by atoms with Crippen LogP contribution in [0.4, 0.5) is 0 Å². The maximum Gasteiger partial charge on any atom is 0.319 e. The van der Waals surface area contributed by atoms with Gasteiger partial charge in [0.2, 0.25) is 5.91 Å². The smallest absolute Gasteiger partial charge is 0.319 e. The van der Waals surface area contributed by atoms with Crippen molar-refractivity contribution in [2.75, 3.05) is 0 Å². The summed E-state index contributed by atoms with van der Waals surface area (Å²) in [5.74, 6) is -1.93. The third-order valence-corrected chi connectivity index (χ3v) is 2.43. The van der Waals surface area contributed by atoms with E-state index in [1.165, 1.54) is 0 Å². The fourth-order valence-electron chi connectivity index (χ4n) is 1.61. The molecule has 0 saturated heterocycles. The van der Waals surface area contributed by atoms with Crippen LogP contribution in [0.25, 0.3) is 0 Å². The molecule has 5 heteroatoms. The highest BCUT2D eigenvalue weighted by atomic mass is 16.4. The Morgan fingerprint density at radius 2 is 2.08 bits per heavy atom. The molecule has 5 nitrogen and oxygen atoms in total. The number of aliphatic carboxylic acids is 1. The molecule has 2 unspecified atom stereocenters. The molecule has 0 spiro atoms. The number of primary amides is 1. The van der Waals surface area contributed by atoms with Gasteiger partial charge in [-0.05, 0) is 19.3 Å². The second-order valence-corrected chi connectivity index (χ2v) is 3.25. The summed E-state index contributed by atoms with van der Waals surface area (Å²) in [6.45, 7) is 0. The molecule has 1 saturated carbocycles. The first kappa shape index (κ1) is 8.99. The van der Waals surface area contributed by atoms with Gasteiger partial charge in [-0.2, -0.15) is 0 Å². The van der Waals surface area contributed by atoms with Crippen LogP contribution in [0.5, 0.6) is 0 Å². The monoisotopic (exact) mass is 172 g/mol. The SMILES string of the molecule is NC(=O)C1(C(=O)O)CCC(N)C1. The largest absolute Gasteiger partial charge is 0.480 e. The molecule has 1 amide bonds. The lowest BCUT2D eigenvalue weighted by atomic mass is 9.85. The topological polar surface area (TPSA) is 106 Å². The van der Waals surface area contributed by atoms with Crippen molar-refractivity contribution >= 4 is 11.9 Å². The van der Waals surface area contributed by atoms with E-state index in [1.807, 2.05) is 0 Å². The molecule has 0 aromatic rings. The van der Waals surface area contributed by atoms with Crippen LogP contribution in [0, 0.1) is 5.41 Å². The predicted octanol–water partition coefficient (Wildman–Crippen LogP) is -0.946. The molecule has 0 radical (unpaired) electrons. The predicted molar refractivity (Wildman–Crippen MR) is 41.1 cm³/mol. The lowest BCUT2D eigenvalue weighted by molar-refractivity contribution is -0.154. The fourth-order valence-corrected chi connectivity index (χ4v) is 1.61. The molecule has 12 heavy (non-hydrogen) atoms. The zero-order valence-corrected chi connectivity index (χ0v) is 6.62. The van der Waals surface area contributed by atoms with E-state index in [-0.39, 0.29) is 18.9 Å². The minimum Gasteiger partial charge on any atom is -0.480 e. The zero-order valence-electron chi connectivity index (χ0n) is 6.62. The van der Waals surface area contributed by atoms with Crippen molar-refractivity contribution in [3.8, 4) is 0 Å². The van der Waals surface area contributed by atoms with Crippen LogP contribution in [0.15, 0.2) is 0 Å². The number of carbonyl (C=O) groups is 2. The van der Waals surface area contributed by atoms with E-state index in [1.54, 1.807) is 0 Å². The summed E-state index contributed by atoms with van der Waals surface area (Å²) in [5, 5.41) is 8.80. The van der Waals surface area contributed by atoms with Gasteiger partial charge in [0, 0.05) is 6.04 Å². The number of carboxylic acids is 1. The van der Waals surface area contributed by atoms with Crippen molar-refractivity contribution in [3.05, 3.63) is 0 Å². The summed E-state index contributed by atoms with van der Waals surface area (Å²) in [5.41, 5.74) is 9.13. The highest BCUT2D eigenvalue weighted by Crippen LogP contribution is 2.37. The van der Waals surface area contributed by atoms with E-state index < -0.39 is 17.3 Å². The molecule has 0 bridgehead atoms. The third-order valence-electron chi connectivity index (χ3n) is 2.43. The summed E-state index contributed by atoms with van der Waals surface area (Å²) >= 11 is 0. The van der Waals surface area contributed by atoms with Gasteiger partial charge in [0.25, 0.3) is 0 Å². The third kappa shape index (κ3) is 1.16. The molecular formula is C7H12N2O3. The van der Waals surface area contributed by atoms with Crippen LogP contribution in [-0.4, -0.2) is 23.0 Å². The first-order chi connectivity index (χ1) is 5.49. The molecule has 1 fully saturated rings. The Hall–Kier alpha value is -1.10. The molecule has 68 valence electrons. The van der Waals surface area contributed by atoms with E-state index in [0.717, 1.165) is 0 Å². The second kappa shape index (κ2) is 2.75. The summed E-state index contributed by atoms with van der Waals surface area (Å²) in [7, 11) is 0. The van der Waals surface area contributed by atoms with Crippen LogP contribution in [-0.2, 0) is 9.59 Å². The minimum absolute atomic E-state index is 0.164. The van der Waals surface area contributed by atoms with Crippen molar-refractivity contribution in [2.45, 2.75) is 25.3 Å². The van der Waals surface area contributed by atoms with Crippen molar-refractivity contribution in [2.24, 2.45) is 16.9 Å². The van der Waals surface area contributed by atoms with Crippen molar-refractivity contribution in [1.29, 1.82) is 0 Å². The average molecular weight is 172 g/mol. The van der Waals surface area contributed by atoms with E-state index >= 15 is 0 Å². The highest BCUT2D eigenvalue weighted by Gasteiger charge is 2.49. The molecule has 0 heterocycles. The van der Waals surface area contributed by atoms with Gasteiger partial charge < -0.3 is 16.6 Å². The molecular weight excluding hydrogens is 160 g/mol. The normalized spacial score (nSPS) is 34.9. The Morgan fingerprint density at radius 1 is 1.50 bits per heavy atom. The van der Waals surface area contributed by atoms with Crippen LogP contribution >= 0.6 is 0 Å². The van der Waals surface area contributed by atoms with Crippen molar-refractivity contribution in [3.63, 3.8) is 0 Å². The maximum absolute atomic E-state index is 10.9. The zero-order chi connectivity index (χ0) is 9.35. The number of carboxylic acid groups (broad SMARTS) is 1. The lowest BCUT2D eigenvalue weighted by Crippen LogP contribution is -2.42. The van der Waals surface area contributed by atoms with Gasteiger partial charge in [0.05, 0.1) is 0 Å². The molecule has 0 aromatic carbocycles. The number of amides is 1. The number of carbonyl (C=O) groups excluding carboxylic acids is 1. The van der Waals surface area contributed by atoms with Gasteiger partial charge in [-0.25, -0.2) is 0 Å². The number of hydrogen-bond donors (Lipinski definition) is 3. The first-order valence-corrected chi connectivity index (χ1v) is 3.78. The molecule has 1 aliphatic rings. The van der Waals surface area contributed by atoms with Gasteiger partial charge in [0.1, 0.15) is 5.41 Å². The highest BCUT2D eigenvalue weighted by molar-refractivity contribution is 6.01. The Balaban J connectivity index is 2.89. The molecule has 2 atom stereocenters. The van der Waals surface area contributed by atoms with Gasteiger partial charge >= 0.3 is 5.97 Å².